The summed E-state index contributed by atoms with van der Waals surface area (Å²) in [5, 5.41) is 7.62. The summed E-state index contributed by atoms with van der Waals surface area (Å²) >= 11 is 6.02. The van der Waals surface area contributed by atoms with Crippen molar-refractivity contribution in [3.63, 3.8) is 0 Å². The molecule has 2 aromatic rings. The molecule has 0 saturated carbocycles. The summed E-state index contributed by atoms with van der Waals surface area (Å²) in [4.78, 5) is 12.0. The van der Waals surface area contributed by atoms with Crippen molar-refractivity contribution in [1.82, 2.24) is 5.43 Å². The number of anilines is 1. The number of hydrogen-bond acceptors (Lipinski definition) is 4. The Labute approximate surface area is 146 Å². The molecule has 2 rings (SSSR count). The Balaban J connectivity index is 1.86. The van der Waals surface area contributed by atoms with Crippen molar-refractivity contribution >= 4 is 29.4 Å². The normalized spacial score (nSPS) is 12.0. The van der Waals surface area contributed by atoms with E-state index in [4.69, 9.17) is 16.3 Å². The van der Waals surface area contributed by atoms with Gasteiger partial charge in [-0.05, 0) is 44.2 Å². The molecule has 1 amide bonds. The highest BCUT2D eigenvalue weighted by atomic mass is 35.5. The molecule has 0 radical (unpaired) electrons. The van der Waals surface area contributed by atoms with Crippen LogP contribution in [0.2, 0.25) is 5.02 Å². The molecule has 0 aromatic heterocycles. The number of hydrogen-bond donors (Lipinski definition) is 2. The Hall–Kier alpha value is -2.53. The van der Waals surface area contributed by atoms with E-state index in [1.807, 2.05) is 49.4 Å². The molecule has 0 fully saturated rings. The fourth-order valence-corrected chi connectivity index (χ4v) is 2.16. The summed E-state index contributed by atoms with van der Waals surface area (Å²) in [6.45, 7) is 4.31. The zero-order valence-corrected chi connectivity index (χ0v) is 14.4. The van der Waals surface area contributed by atoms with Gasteiger partial charge in [-0.3, -0.25) is 4.79 Å². The van der Waals surface area contributed by atoms with Crippen LogP contribution in [0.5, 0.6) is 5.75 Å². The van der Waals surface area contributed by atoms with Crippen LogP contribution in [-0.4, -0.2) is 24.8 Å². The predicted octanol–water partition coefficient (Wildman–Crippen LogP) is 3.69. The van der Waals surface area contributed by atoms with Crippen molar-refractivity contribution in [2.75, 3.05) is 11.9 Å². The van der Waals surface area contributed by atoms with Crippen molar-refractivity contribution < 1.29 is 9.53 Å². The van der Waals surface area contributed by atoms with Gasteiger partial charge < -0.3 is 10.1 Å². The second-order valence-electron chi connectivity index (χ2n) is 5.08. The molecule has 0 aliphatic rings. The lowest BCUT2D eigenvalue weighted by Gasteiger charge is -2.14. The van der Waals surface area contributed by atoms with Crippen molar-refractivity contribution in [2.45, 2.75) is 19.9 Å². The number of nitrogens with zero attached hydrogens (tertiary/aromatic N) is 1. The van der Waals surface area contributed by atoms with Gasteiger partial charge in [0.1, 0.15) is 11.8 Å². The second kappa shape index (κ2) is 8.93. The molecule has 0 spiro atoms. The van der Waals surface area contributed by atoms with Gasteiger partial charge in [-0.1, -0.05) is 29.8 Å². The highest BCUT2D eigenvalue weighted by molar-refractivity contribution is 6.33. The number of amides is 1. The Morgan fingerprint density at radius 2 is 1.96 bits per heavy atom. The molecule has 5 nitrogen and oxygen atoms in total. The highest BCUT2D eigenvalue weighted by Crippen LogP contribution is 2.16. The van der Waals surface area contributed by atoms with Crippen molar-refractivity contribution in [3.05, 3.63) is 59.1 Å². The Morgan fingerprint density at radius 1 is 1.25 bits per heavy atom. The van der Waals surface area contributed by atoms with Crippen LogP contribution in [0.25, 0.3) is 0 Å². The van der Waals surface area contributed by atoms with E-state index in [0.717, 1.165) is 17.0 Å². The molecule has 0 aliphatic carbocycles. The van der Waals surface area contributed by atoms with E-state index in [1.165, 1.54) is 6.21 Å². The predicted molar refractivity (Wildman–Crippen MR) is 97.9 cm³/mol. The third-order valence-corrected chi connectivity index (χ3v) is 3.57. The van der Waals surface area contributed by atoms with Crippen LogP contribution in [0.1, 0.15) is 19.4 Å². The lowest BCUT2D eigenvalue weighted by atomic mass is 10.2. The SMILES string of the molecule is CCOc1ccc(N[C@H](C)C(=O)N/N=C\c2ccccc2Cl)cc1. The molecule has 0 aliphatic heterocycles. The van der Waals surface area contributed by atoms with Crippen molar-refractivity contribution in [3.8, 4) is 5.75 Å². The molecule has 0 saturated heterocycles. The molecule has 2 aromatic carbocycles. The third kappa shape index (κ3) is 5.28. The van der Waals surface area contributed by atoms with E-state index in [0.29, 0.717) is 11.6 Å². The Kier molecular flexibility index (Phi) is 6.63. The molecular weight excluding hydrogens is 326 g/mol. The van der Waals surface area contributed by atoms with E-state index < -0.39 is 6.04 Å². The lowest BCUT2D eigenvalue weighted by molar-refractivity contribution is -0.121. The maximum Gasteiger partial charge on any atom is 0.262 e. The van der Waals surface area contributed by atoms with E-state index in [1.54, 1.807) is 13.0 Å². The second-order valence-corrected chi connectivity index (χ2v) is 5.49. The van der Waals surface area contributed by atoms with Gasteiger partial charge in [0.15, 0.2) is 0 Å². The Morgan fingerprint density at radius 3 is 2.62 bits per heavy atom. The van der Waals surface area contributed by atoms with Gasteiger partial charge in [-0.2, -0.15) is 5.10 Å². The van der Waals surface area contributed by atoms with Crippen molar-refractivity contribution in [2.24, 2.45) is 5.10 Å². The molecule has 0 bridgehead atoms. The van der Waals surface area contributed by atoms with E-state index in [2.05, 4.69) is 15.8 Å². The minimum absolute atomic E-state index is 0.243. The quantitative estimate of drug-likeness (QED) is 0.594. The molecule has 24 heavy (non-hydrogen) atoms. The Bertz CT molecular complexity index is 702. The van der Waals surface area contributed by atoms with E-state index in [-0.39, 0.29) is 5.91 Å². The van der Waals surface area contributed by atoms with Gasteiger partial charge in [-0.15, -0.1) is 0 Å². The summed E-state index contributed by atoms with van der Waals surface area (Å²) in [6.07, 6.45) is 1.52. The first kappa shape index (κ1) is 17.8. The summed E-state index contributed by atoms with van der Waals surface area (Å²) in [5.74, 6) is 0.552. The first-order valence-corrected chi connectivity index (χ1v) is 8.04. The maximum atomic E-state index is 12.0. The van der Waals surface area contributed by atoms with Crippen molar-refractivity contribution in [1.29, 1.82) is 0 Å². The zero-order chi connectivity index (χ0) is 17.4. The summed E-state index contributed by atoms with van der Waals surface area (Å²) < 4.78 is 5.38. The number of carbonyl (C=O) groups is 1. The topological polar surface area (TPSA) is 62.7 Å². The average molecular weight is 346 g/mol. The smallest absolute Gasteiger partial charge is 0.262 e. The van der Waals surface area contributed by atoms with Crippen LogP contribution in [-0.2, 0) is 4.79 Å². The average Bonchev–Trinajstić information content (AvgIpc) is 2.58. The lowest BCUT2D eigenvalue weighted by Crippen LogP contribution is -2.34. The van der Waals surface area contributed by atoms with Crippen LogP contribution in [0.4, 0.5) is 5.69 Å². The molecule has 1 atom stereocenters. The molecular formula is C18H20ClN3O2. The number of halogens is 1. The van der Waals surface area contributed by atoms with Crippen LogP contribution >= 0.6 is 11.6 Å². The molecule has 126 valence electrons. The minimum atomic E-state index is -0.439. The number of benzene rings is 2. The first-order valence-electron chi connectivity index (χ1n) is 7.67. The van der Waals surface area contributed by atoms with Crippen LogP contribution < -0.4 is 15.5 Å². The number of hydrazone groups is 1. The van der Waals surface area contributed by atoms with Gasteiger partial charge >= 0.3 is 0 Å². The molecule has 0 unspecified atom stereocenters. The standard InChI is InChI=1S/C18H20ClN3O2/c1-3-24-16-10-8-15(9-11-16)21-13(2)18(23)22-20-12-14-6-4-5-7-17(14)19/h4-13,21H,3H2,1-2H3,(H,22,23)/b20-12-/t13-/m1/s1. The van der Waals surface area contributed by atoms with Gasteiger partial charge in [0.25, 0.3) is 5.91 Å². The molecule has 0 heterocycles. The number of ether oxygens (including phenoxy) is 1. The number of carbonyl (C=O) groups excluding carboxylic acids is 1. The number of nitrogens with one attached hydrogen (secondary N) is 2. The van der Waals surface area contributed by atoms with Gasteiger partial charge in [0.2, 0.25) is 0 Å². The summed E-state index contributed by atoms with van der Waals surface area (Å²) in [6, 6.07) is 14.3. The van der Waals surface area contributed by atoms with Gasteiger partial charge in [-0.25, -0.2) is 5.43 Å². The van der Waals surface area contributed by atoms with Crippen LogP contribution in [0.3, 0.4) is 0 Å². The minimum Gasteiger partial charge on any atom is -0.494 e. The highest BCUT2D eigenvalue weighted by Gasteiger charge is 2.11. The largest absolute Gasteiger partial charge is 0.494 e. The third-order valence-electron chi connectivity index (χ3n) is 3.23. The van der Waals surface area contributed by atoms with Gasteiger partial charge in [0.05, 0.1) is 12.8 Å². The molecule has 6 heteroatoms. The number of rotatable bonds is 7. The fourth-order valence-electron chi connectivity index (χ4n) is 1.97. The summed E-state index contributed by atoms with van der Waals surface area (Å²) in [7, 11) is 0. The summed E-state index contributed by atoms with van der Waals surface area (Å²) in [5.41, 5.74) is 4.07. The molecule has 2 N–H and O–H groups in total. The fraction of sp³-hybridized carbons (Fsp3) is 0.222. The van der Waals surface area contributed by atoms with Crippen LogP contribution in [0, 0.1) is 0 Å². The van der Waals surface area contributed by atoms with Gasteiger partial charge in [0, 0.05) is 16.3 Å². The van der Waals surface area contributed by atoms with Crippen LogP contribution in [0.15, 0.2) is 53.6 Å². The monoisotopic (exact) mass is 345 g/mol. The zero-order valence-electron chi connectivity index (χ0n) is 13.6. The maximum absolute atomic E-state index is 12.0. The van der Waals surface area contributed by atoms with E-state index in [9.17, 15) is 4.79 Å². The first-order chi connectivity index (χ1) is 11.6. The van der Waals surface area contributed by atoms with E-state index >= 15 is 0 Å².